The summed E-state index contributed by atoms with van der Waals surface area (Å²) in [5, 5.41) is 6.38. The van der Waals surface area contributed by atoms with Crippen LogP contribution in [-0.4, -0.2) is 25.5 Å². The highest BCUT2D eigenvalue weighted by Crippen LogP contribution is 2.43. The van der Waals surface area contributed by atoms with E-state index < -0.39 is 18.0 Å². The second-order valence-corrected chi connectivity index (χ2v) is 6.24. The largest absolute Gasteiger partial charge is 0.424 e. The van der Waals surface area contributed by atoms with Crippen LogP contribution < -0.4 is 5.32 Å². The summed E-state index contributed by atoms with van der Waals surface area (Å²) in [6.07, 6.45) is 3.32. The zero-order chi connectivity index (χ0) is 17.6. The SMILES string of the molecule is C[C@H]1C[C@H](c2nc(C(F)F)c(NC(=O)c3cnn4cccnc34)o2)C1. The Morgan fingerprint density at radius 1 is 1.44 bits per heavy atom. The van der Waals surface area contributed by atoms with Gasteiger partial charge in [0.2, 0.25) is 11.8 Å². The van der Waals surface area contributed by atoms with Gasteiger partial charge in [0.1, 0.15) is 5.56 Å². The van der Waals surface area contributed by atoms with Crippen molar-refractivity contribution in [3.63, 3.8) is 0 Å². The molecular weight excluding hydrogens is 332 g/mol. The van der Waals surface area contributed by atoms with Crippen molar-refractivity contribution in [3.8, 4) is 0 Å². The van der Waals surface area contributed by atoms with E-state index in [0.29, 0.717) is 11.6 Å². The normalized spacial score (nSPS) is 20.0. The minimum atomic E-state index is -2.84. The summed E-state index contributed by atoms with van der Waals surface area (Å²) in [4.78, 5) is 20.4. The molecule has 1 fully saturated rings. The number of anilines is 1. The number of carbonyl (C=O) groups excluding carboxylic acids is 1. The Kier molecular flexibility index (Phi) is 3.70. The maximum absolute atomic E-state index is 13.2. The molecule has 1 N–H and O–H groups in total. The maximum Gasteiger partial charge on any atom is 0.285 e. The van der Waals surface area contributed by atoms with Gasteiger partial charge in [-0.15, -0.1) is 0 Å². The van der Waals surface area contributed by atoms with Crippen LogP contribution in [0.5, 0.6) is 0 Å². The zero-order valence-electron chi connectivity index (χ0n) is 13.3. The number of rotatable bonds is 4. The minimum Gasteiger partial charge on any atom is -0.424 e. The van der Waals surface area contributed by atoms with E-state index in [4.69, 9.17) is 4.42 Å². The van der Waals surface area contributed by atoms with Gasteiger partial charge in [-0.25, -0.2) is 23.3 Å². The minimum absolute atomic E-state index is 0.0248. The highest BCUT2D eigenvalue weighted by atomic mass is 19.3. The number of halogens is 2. The lowest BCUT2D eigenvalue weighted by molar-refractivity contribution is 0.102. The van der Waals surface area contributed by atoms with E-state index in [9.17, 15) is 13.6 Å². The summed E-state index contributed by atoms with van der Waals surface area (Å²) in [5.74, 6) is -0.140. The molecule has 9 heteroatoms. The highest BCUT2D eigenvalue weighted by molar-refractivity contribution is 6.07. The van der Waals surface area contributed by atoms with Gasteiger partial charge in [0.25, 0.3) is 12.3 Å². The quantitative estimate of drug-likeness (QED) is 0.781. The van der Waals surface area contributed by atoms with Crippen molar-refractivity contribution < 1.29 is 18.0 Å². The molecule has 3 aromatic heterocycles. The lowest BCUT2D eigenvalue weighted by Gasteiger charge is -2.29. The van der Waals surface area contributed by atoms with Gasteiger partial charge >= 0.3 is 0 Å². The standard InChI is InChI=1S/C16H15F2N5O2/c1-8-5-9(6-8)15-21-11(12(17)18)16(25-15)22-14(24)10-7-20-23-4-2-3-19-13(10)23/h2-4,7-9,12H,5-6H2,1H3,(H,22,24)/t8-,9-. The van der Waals surface area contributed by atoms with Gasteiger partial charge in [-0.1, -0.05) is 6.92 Å². The van der Waals surface area contributed by atoms with Crippen molar-refractivity contribution in [1.82, 2.24) is 19.6 Å². The first-order valence-electron chi connectivity index (χ1n) is 7.91. The van der Waals surface area contributed by atoms with Crippen LogP contribution in [0, 0.1) is 5.92 Å². The van der Waals surface area contributed by atoms with Crippen LogP contribution in [0.15, 0.2) is 29.1 Å². The molecule has 0 spiro atoms. The molecule has 25 heavy (non-hydrogen) atoms. The van der Waals surface area contributed by atoms with Crippen molar-refractivity contribution in [2.45, 2.75) is 32.1 Å². The number of amides is 1. The van der Waals surface area contributed by atoms with Crippen LogP contribution in [0.25, 0.3) is 5.65 Å². The van der Waals surface area contributed by atoms with E-state index in [-0.39, 0.29) is 23.3 Å². The van der Waals surface area contributed by atoms with Gasteiger partial charge in [0, 0.05) is 18.3 Å². The predicted octanol–water partition coefficient (Wildman–Crippen LogP) is 3.42. The summed E-state index contributed by atoms with van der Waals surface area (Å²) in [6, 6.07) is 1.67. The Morgan fingerprint density at radius 3 is 2.96 bits per heavy atom. The first-order valence-corrected chi connectivity index (χ1v) is 7.91. The van der Waals surface area contributed by atoms with Crippen LogP contribution in [0.1, 0.15) is 54.1 Å². The third-order valence-electron chi connectivity index (χ3n) is 4.35. The van der Waals surface area contributed by atoms with Crippen LogP contribution in [0.2, 0.25) is 0 Å². The van der Waals surface area contributed by atoms with Gasteiger partial charge in [-0.2, -0.15) is 5.10 Å². The summed E-state index contributed by atoms with van der Waals surface area (Å²) in [5.41, 5.74) is -0.0606. The molecular formula is C16H15F2N5O2. The number of hydrogen-bond donors (Lipinski definition) is 1. The molecule has 1 aliphatic rings. The average molecular weight is 347 g/mol. The molecule has 3 heterocycles. The summed E-state index contributed by atoms with van der Waals surface area (Å²) in [6.45, 7) is 2.08. The fourth-order valence-corrected chi connectivity index (χ4v) is 3.02. The number of nitrogens with zero attached hydrogens (tertiary/aromatic N) is 4. The van der Waals surface area contributed by atoms with Gasteiger partial charge in [-0.3, -0.25) is 10.1 Å². The molecule has 0 aliphatic heterocycles. The lowest BCUT2D eigenvalue weighted by atomic mass is 9.76. The first kappa shape index (κ1) is 15.7. The molecule has 0 saturated heterocycles. The molecule has 7 nitrogen and oxygen atoms in total. The van der Waals surface area contributed by atoms with E-state index >= 15 is 0 Å². The summed E-state index contributed by atoms with van der Waals surface area (Å²) >= 11 is 0. The highest BCUT2D eigenvalue weighted by Gasteiger charge is 2.34. The van der Waals surface area contributed by atoms with E-state index in [2.05, 4.69) is 27.3 Å². The number of alkyl halides is 2. The molecule has 1 saturated carbocycles. The smallest absolute Gasteiger partial charge is 0.285 e. The van der Waals surface area contributed by atoms with Crippen LogP contribution in [0.3, 0.4) is 0 Å². The Morgan fingerprint density at radius 2 is 2.24 bits per heavy atom. The third kappa shape index (κ3) is 2.75. The molecule has 0 bridgehead atoms. The Labute approximate surface area is 141 Å². The monoisotopic (exact) mass is 347 g/mol. The van der Waals surface area contributed by atoms with Crippen molar-refractivity contribution >= 4 is 17.4 Å². The van der Waals surface area contributed by atoms with Crippen LogP contribution >= 0.6 is 0 Å². The Bertz CT molecular complexity index is 930. The van der Waals surface area contributed by atoms with E-state index in [1.54, 1.807) is 12.3 Å². The summed E-state index contributed by atoms with van der Waals surface area (Å²) < 4.78 is 33.4. The average Bonchev–Trinajstić information content (AvgIpc) is 3.15. The van der Waals surface area contributed by atoms with Crippen LogP contribution in [-0.2, 0) is 0 Å². The van der Waals surface area contributed by atoms with Crippen molar-refractivity contribution in [2.24, 2.45) is 5.92 Å². The van der Waals surface area contributed by atoms with E-state index in [0.717, 1.165) is 12.8 Å². The molecule has 4 rings (SSSR count). The molecule has 1 aliphatic carbocycles. The third-order valence-corrected chi connectivity index (χ3v) is 4.35. The van der Waals surface area contributed by atoms with Gasteiger partial charge < -0.3 is 4.42 Å². The maximum atomic E-state index is 13.2. The second kappa shape index (κ2) is 5.91. The number of carbonyl (C=O) groups is 1. The number of aromatic nitrogens is 4. The molecule has 0 atom stereocenters. The Balaban J connectivity index is 1.62. The van der Waals surface area contributed by atoms with E-state index in [1.807, 2.05) is 0 Å². The molecule has 0 aromatic carbocycles. The number of nitrogens with one attached hydrogen (secondary N) is 1. The van der Waals surface area contributed by atoms with Crippen molar-refractivity contribution in [3.05, 3.63) is 41.8 Å². The van der Waals surface area contributed by atoms with Gasteiger partial charge in [-0.05, 0) is 24.8 Å². The number of hydrogen-bond acceptors (Lipinski definition) is 5. The topological polar surface area (TPSA) is 85.3 Å². The Hall–Kier alpha value is -2.84. The van der Waals surface area contributed by atoms with Gasteiger partial charge in [0.05, 0.1) is 6.20 Å². The van der Waals surface area contributed by atoms with Crippen LogP contribution in [0.4, 0.5) is 14.7 Å². The zero-order valence-corrected chi connectivity index (χ0v) is 13.3. The van der Waals surface area contributed by atoms with Crippen molar-refractivity contribution in [2.75, 3.05) is 5.32 Å². The van der Waals surface area contributed by atoms with E-state index in [1.165, 1.54) is 16.9 Å². The molecule has 0 unspecified atom stereocenters. The van der Waals surface area contributed by atoms with Crippen molar-refractivity contribution in [1.29, 1.82) is 0 Å². The lowest BCUT2D eigenvalue weighted by Crippen LogP contribution is -2.19. The summed E-state index contributed by atoms with van der Waals surface area (Å²) in [7, 11) is 0. The first-order chi connectivity index (χ1) is 12.0. The number of oxazole rings is 1. The molecule has 1 amide bonds. The molecule has 3 aromatic rings. The second-order valence-electron chi connectivity index (χ2n) is 6.24. The number of fused-ring (bicyclic) bond motifs is 1. The van der Waals surface area contributed by atoms with Gasteiger partial charge in [0.15, 0.2) is 11.3 Å². The fraction of sp³-hybridized carbons (Fsp3) is 0.375. The molecule has 130 valence electrons. The molecule has 0 radical (unpaired) electrons. The fourth-order valence-electron chi connectivity index (χ4n) is 3.02. The predicted molar refractivity (Wildman–Crippen MR) is 83.5 cm³/mol.